The van der Waals surface area contributed by atoms with E-state index in [1.165, 1.54) is 5.56 Å². The van der Waals surface area contributed by atoms with Crippen LogP contribution in [0.1, 0.15) is 35.9 Å². The Labute approximate surface area is 164 Å². The Bertz CT molecular complexity index is 938. The van der Waals surface area contributed by atoms with Gasteiger partial charge in [-0.15, -0.1) is 0 Å². The van der Waals surface area contributed by atoms with Gasteiger partial charge in [-0.25, -0.2) is 4.79 Å². The smallest absolute Gasteiger partial charge is 0.318 e. The van der Waals surface area contributed by atoms with Crippen LogP contribution >= 0.6 is 0 Å². The maximum atomic E-state index is 12.7. The average Bonchev–Trinajstić information content (AvgIpc) is 3.38. The van der Waals surface area contributed by atoms with Gasteiger partial charge in [-0.05, 0) is 37.3 Å². The van der Waals surface area contributed by atoms with Gasteiger partial charge in [0.15, 0.2) is 0 Å². The first-order valence-corrected chi connectivity index (χ1v) is 9.70. The predicted molar refractivity (Wildman–Crippen MR) is 107 cm³/mol. The SMILES string of the molecule is Cc1ccccc1-c1noc([C@H]2CCCN2C(=O)NCCc2ccccc2)n1. The summed E-state index contributed by atoms with van der Waals surface area (Å²) in [6.45, 7) is 3.32. The highest BCUT2D eigenvalue weighted by Crippen LogP contribution is 2.32. The molecule has 0 bridgehead atoms. The molecule has 1 atom stereocenters. The number of rotatable bonds is 5. The minimum absolute atomic E-state index is 0.0749. The molecule has 0 radical (unpaired) electrons. The van der Waals surface area contributed by atoms with Crippen molar-refractivity contribution in [3.05, 3.63) is 71.6 Å². The van der Waals surface area contributed by atoms with E-state index in [-0.39, 0.29) is 12.1 Å². The Kier molecular flexibility index (Phi) is 5.37. The summed E-state index contributed by atoms with van der Waals surface area (Å²) in [5, 5.41) is 7.16. The Hall–Kier alpha value is -3.15. The van der Waals surface area contributed by atoms with Crippen LogP contribution in [0.3, 0.4) is 0 Å². The van der Waals surface area contributed by atoms with Crippen LogP contribution in [0.4, 0.5) is 4.79 Å². The first kappa shape index (κ1) is 18.2. The lowest BCUT2D eigenvalue weighted by atomic mass is 10.1. The predicted octanol–water partition coefficient (Wildman–Crippen LogP) is 4.13. The normalized spacial score (nSPS) is 16.3. The molecule has 0 aliphatic carbocycles. The third kappa shape index (κ3) is 3.91. The molecular weight excluding hydrogens is 352 g/mol. The minimum Gasteiger partial charge on any atom is -0.338 e. The molecule has 6 nitrogen and oxygen atoms in total. The highest BCUT2D eigenvalue weighted by molar-refractivity contribution is 5.75. The molecule has 2 amide bonds. The first-order valence-electron chi connectivity index (χ1n) is 9.70. The van der Waals surface area contributed by atoms with E-state index in [0.717, 1.165) is 30.4 Å². The fourth-order valence-electron chi connectivity index (χ4n) is 3.63. The van der Waals surface area contributed by atoms with Gasteiger partial charge in [0.2, 0.25) is 11.7 Å². The number of nitrogens with zero attached hydrogens (tertiary/aromatic N) is 3. The van der Waals surface area contributed by atoms with Crippen LogP contribution in [0.5, 0.6) is 0 Å². The van der Waals surface area contributed by atoms with Gasteiger partial charge in [-0.2, -0.15) is 4.98 Å². The zero-order valence-electron chi connectivity index (χ0n) is 16.0. The Morgan fingerprint density at radius 3 is 2.79 bits per heavy atom. The molecule has 1 aromatic heterocycles. The lowest BCUT2D eigenvalue weighted by Crippen LogP contribution is -2.40. The van der Waals surface area contributed by atoms with Crippen molar-refractivity contribution in [3.63, 3.8) is 0 Å². The molecule has 2 aromatic carbocycles. The van der Waals surface area contributed by atoms with Crippen LogP contribution < -0.4 is 5.32 Å². The van der Waals surface area contributed by atoms with Gasteiger partial charge in [-0.3, -0.25) is 0 Å². The number of nitrogens with one attached hydrogen (secondary N) is 1. The van der Waals surface area contributed by atoms with E-state index < -0.39 is 0 Å². The summed E-state index contributed by atoms with van der Waals surface area (Å²) < 4.78 is 5.53. The van der Waals surface area contributed by atoms with E-state index in [4.69, 9.17) is 4.52 Å². The van der Waals surface area contributed by atoms with Crippen LogP contribution in [0.2, 0.25) is 0 Å². The lowest BCUT2D eigenvalue weighted by Gasteiger charge is -2.22. The number of likely N-dealkylation sites (tertiary alicyclic amines) is 1. The molecule has 1 saturated heterocycles. The molecule has 28 heavy (non-hydrogen) atoms. The fraction of sp³-hybridized carbons (Fsp3) is 0.318. The Balaban J connectivity index is 1.41. The molecule has 6 heteroatoms. The monoisotopic (exact) mass is 376 g/mol. The van der Waals surface area contributed by atoms with Crippen molar-refractivity contribution in [2.75, 3.05) is 13.1 Å². The van der Waals surface area contributed by atoms with Crippen molar-refractivity contribution in [2.45, 2.75) is 32.2 Å². The number of hydrogen-bond acceptors (Lipinski definition) is 4. The largest absolute Gasteiger partial charge is 0.338 e. The van der Waals surface area contributed by atoms with Crippen LogP contribution in [-0.4, -0.2) is 34.2 Å². The van der Waals surface area contributed by atoms with Crippen molar-refractivity contribution in [1.82, 2.24) is 20.4 Å². The van der Waals surface area contributed by atoms with Crippen molar-refractivity contribution >= 4 is 6.03 Å². The van der Waals surface area contributed by atoms with E-state index in [1.54, 1.807) is 4.90 Å². The standard InChI is InChI=1S/C22H24N4O2/c1-16-8-5-6-11-18(16)20-24-21(28-25-20)19-12-7-15-26(19)22(27)23-14-13-17-9-3-2-4-10-17/h2-6,8-11,19H,7,12-15H2,1H3,(H,23,27)/t19-/m1/s1. The highest BCUT2D eigenvalue weighted by atomic mass is 16.5. The molecule has 0 saturated carbocycles. The molecule has 1 fully saturated rings. The third-order valence-corrected chi connectivity index (χ3v) is 5.16. The molecule has 0 unspecified atom stereocenters. The minimum atomic E-state index is -0.165. The van der Waals surface area contributed by atoms with Crippen molar-refractivity contribution in [1.29, 1.82) is 0 Å². The number of hydrogen-bond donors (Lipinski definition) is 1. The van der Waals surface area contributed by atoms with Crippen LogP contribution in [-0.2, 0) is 6.42 Å². The molecule has 4 rings (SSSR count). The number of aromatic nitrogens is 2. The van der Waals surface area contributed by atoms with Crippen molar-refractivity contribution in [3.8, 4) is 11.4 Å². The number of benzene rings is 2. The third-order valence-electron chi connectivity index (χ3n) is 5.16. The summed E-state index contributed by atoms with van der Waals surface area (Å²) in [7, 11) is 0. The fourth-order valence-corrected chi connectivity index (χ4v) is 3.63. The van der Waals surface area contributed by atoms with E-state index in [9.17, 15) is 4.79 Å². The molecule has 1 aliphatic heterocycles. The second-order valence-corrected chi connectivity index (χ2v) is 7.09. The summed E-state index contributed by atoms with van der Waals surface area (Å²) in [6.07, 6.45) is 2.57. The number of carbonyl (C=O) groups excluding carboxylic acids is 1. The van der Waals surface area contributed by atoms with Gasteiger partial charge in [0.25, 0.3) is 0 Å². The van der Waals surface area contributed by atoms with Gasteiger partial charge >= 0.3 is 6.03 Å². The van der Waals surface area contributed by atoms with Crippen LogP contribution in [0.25, 0.3) is 11.4 Å². The number of carbonyl (C=O) groups is 1. The summed E-state index contributed by atoms with van der Waals surface area (Å²) in [6, 6.07) is 17.8. The van der Waals surface area contributed by atoms with Crippen molar-refractivity contribution in [2.24, 2.45) is 0 Å². The molecule has 144 valence electrons. The summed E-state index contributed by atoms with van der Waals surface area (Å²) >= 11 is 0. The molecular formula is C22H24N4O2. The van der Waals surface area contributed by atoms with E-state index in [0.29, 0.717) is 24.8 Å². The highest BCUT2D eigenvalue weighted by Gasteiger charge is 2.34. The van der Waals surface area contributed by atoms with Crippen LogP contribution in [0, 0.1) is 6.92 Å². The Morgan fingerprint density at radius 2 is 1.96 bits per heavy atom. The quantitative estimate of drug-likeness (QED) is 0.727. The maximum absolute atomic E-state index is 12.7. The molecule has 2 heterocycles. The summed E-state index contributed by atoms with van der Waals surface area (Å²) in [5.41, 5.74) is 3.26. The number of amides is 2. The van der Waals surface area contributed by atoms with Gasteiger partial charge in [0.05, 0.1) is 0 Å². The second kappa shape index (κ2) is 8.25. The van der Waals surface area contributed by atoms with Crippen LogP contribution in [0.15, 0.2) is 59.1 Å². The van der Waals surface area contributed by atoms with Gasteiger partial charge in [-0.1, -0.05) is 59.8 Å². The zero-order valence-corrected chi connectivity index (χ0v) is 16.0. The summed E-state index contributed by atoms with van der Waals surface area (Å²) in [4.78, 5) is 19.1. The molecule has 1 N–H and O–H groups in total. The number of aryl methyl sites for hydroxylation is 1. The topological polar surface area (TPSA) is 71.3 Å². The number of urea groups is 1. The van der Waals surface area contributed by atoms with Crippen molar-refractivity contribution < 1.29 is 9.32 Å². The maximum Gasteiger partial charge on any atom is 0.318 e. The zero-order chi connectivity index (χ0) is 19.3. The van der Waals surface area contributed by atoms with E-state index in [1.807, 2.05) is 49.4 Å². The lowest BCUT2D eigenvalue weighted by molar-refractivity contribution is 0.180. The molecule has 0 spiro atoms. The van der Waals surface area contributed by atoms with E-state index >= 15 is 0 Å². The Morgan fingerprint density at radius 1 is 1.18 bits per heavy atom. The average molecular weight is 376 g/mol. The second-order valence-electron chi connectivity index (χ2n) is 7.09. The van der Waals surface area contributed by atoms with E-state index in [2.05, 4.69) is 27.6 Å². The van der Waals surface area contributed by atoms with Gasteiger partial charge in [0, 0.05) is 18.7 Å². The molecule has 1 aliphatic rings. The molecule has 3 aromatic rings. The first-order chi connectivity index (χ1) is 13.7. The summed E-state index contributed by atoms with van der Waals surface area (Å²) in [5.74, 6) is 1.08. The van der Waals surface area contributed by atoms with Gasteiger partial charge < -0.3 is 14.7 Å². The van der Waals surface area contributed by atoms with Gasteiger partial charge in [0.1, 0.15) is 6.04 Å².